The van der Waals surface area contributed by atoms with Crippen molar-refractivity contribution in [1.29, 1.82) is 0 Å². The highest BCUT2D eigenvalue weighted by atomic mass is 19.1. The Morgan fingerprint density at radius 1 is 1.12 bits per heavy atom. The number of alkyl carbamates (subject to hydrolysis) is 1. The minimum Gasteiger partial charge on any atom is -0.445 e. The van der Waals surface area contributed by atoms with Crippen molar-refractivity contribution in [1.82, 2.24) is 5.32 Å². The molecular weight excluding hydrogens is 309 g/mol. The lowest BCUT2D eigenvalue weighted by Crippen LogP contribution is -2.24. The molecule has 1 N–H and O–H groups in total. The maximum atomic E-state index is 14.0. The molecule has 2 rings (SSSR count). The van der Waals surface area contributed by atoms with Crippen LogP contribution in [0.5, 0.6) is 0 Å². The highest BCUT2D eigenvalue weighted by molar-refractivity contribution is 5.94. The molecule has 0 fully saturated rings. The first-order chi connectivity index (χ1) is 11.6. The summed E-state index contributed by atoms with van der Waals surface area (Å²) in [7, 11) is 0. The van der Waals surface area contributed by atoms with Crippen LogP contribution in [0.25, 0.3) is 0 Å². The van der Waals surface area contributed by atoms with Crippen LogP contribution in [0.15, 0.2) is 48.5 Å². The zero-order valence-corrected chi connectivity index (χ0v) is 13.1. The molecule has 0 saturated heterocycles. The van der Waals surface area contributed by atoms with E-state index in [1.807, 2.05) is 30.3 Å². The summed E-state index contributed by atoms with van der Waals surface area (Å²) in [6.07, 6.45) is -0.605. The van der Waals surface area contributed by atoms with Crippen molar-refractivity contribution in [3.63, 3.8) is 0 Å². The molecule has 0 saturated carbocycles. The second kappa shape index (κ2) is 8.49. The van der Waals surface area contributed by atoms with Gasteiger partial charge < -0.3 is 10.1 Å². The van der Waals surface area contributed by atoms with Gasteiger partial charge in [0.2, 0.25) is 0 Å². The van der Waals surface area contributed by atoms with Gasteiger partial charge in [0, 0.05) is 0 Å². The Kier molecular flexibility index (Phi) is 6.09. The number of halogens is 1. The first-order valence-electron chi connectivity index (χ1n) is 7.31. The Morgan fingerprint density at radius 3 is 2.58 bits per heavy atom. The van der Waals surface area contributed by atoms with Crippen LogP contribution in [-0.2, 0) is 11.3 Å². The number of rotatable bonds is 4. The van der Waals surface area contributed by atoms with Gasteiger partial charge in [0.15, 0.2) is 5.78 Å². The monoisotopic (exact) mass is 325 g/mol. The minimum atomic E-state index is -0.649. The fourth-order valence-corrected chi connectivity index (χ4v) is 1.93. The maximum Gasteiger partial charge on any atom is 0.408 e. The number of hydrogen-bond donors (Lipinski definition) is 1. The van der Waals surface area contributed by atoms with E-state index in [2.05, 4.69) is 17.2 Å². The van der Waals surface area contributed by atoms with Gasteiger partial charge in [-0.2, -0.15) is 0 Å². The predicted molar refractivity (Wildman–Crippen MR) is 87.9 cm³/mol. The van der Waals surface area contributed by atoms with Crippen LogP contribution < -0.4 is 5.32 Å². The van der Waals surface area contributed by atoms with Gasteiger partial charge in [-0.3, -0.25) is 4.79 Å². The van der Waals surface area contributed by atoms with E-state index in [1.54, 1.807) is 6.07 Å². The van der Waals surface area contributed by atoms with Gasteiger partial charge >= 0.3 is 6.09 Å². The van der Waals surface area contributed by atoms with E-state index in [4.69, 9.17) is 4.74 Å². The zero-order valence-electron chi connectivity index (χ0n) is 13.1. The lowest BCUT2D eigenvalue weighted by Gasteiger charge is -2.04. The largest absolute Gasteiger partial charge is 0.445 e. The molecule has 0 aliphatic heterocycles. The number of benzene rings is 2. The molecule has 5 heteroatoms. The topological polar surface area (TPSA) is 55.4 Å². The van der Waals surface area contributed by atoms with Gasteiger partial charge in [-0.15, -0.1) is 0 Å². The number of ketones is 1. The summed E-state index contributed by atoms with van der Waals surface area (Å²) in [6, 6.07) is 13.7. The average Bonchev–Trinajstić information content (AvgIpc) is 2.58. The lowest BCUT2D eigenvalue weighted by atomic mass is 10.1. The summed E-state index contributed by atoms with van der Waals surface area (Å²) >= 11 is 0. The van der Waals surface area contributed by atoms with Crippen LogP contribution in [0, 0.1) is 17.7 Å². The SMILES string of the molecule is CC(=O)c1cccc(C#CCNC(=O)OCc2ccccc2)c1F. The molecule has 122 valence electrons. The third kappa shape index (κ3) is 4.96. The van der Waals surface area contributed by atoms with E-state index in [0.717, 1.165) is 5.56 Å². The smallest absolute Gasteiger partial charge is 0.408 e. The van der Waals surface area contributed by atoms with Gasteiger partial charge in [-0.25, -0.2) is 9.18 Å². The fraction of sp³-hybridized carbons (Fsp3) is 0.158. The van der Waals surface area contributed by atoms with Crippen molar-refractivity contribution < 1.29 is 18.7 Å². The van der Waals surface area contributed by atoms with Crippen LogP contribution in [0.3, 0.4) is 0 Å². The van der Waals surface area contributed by atoms with Crippen LogP contribution in [0.1, 0.15) is 28.4 Å². The van der Waals surface area contributed by atoms with Crippen molar-refractivity contribution in [3.8, 4) is 11.8 Å². The van der Waals surface area contributed by atoms with Crippen molar-refractivity contribution in [2.75, 3.05) is 6.54 Å². The van der Waals surface area contributed by atoms with Crippen molar-refractivity contribution in [3.05, 3.63) is 71.0 Å². The second-order valence-electron chi connectivity index (χ2n) is 4.94. The first kappa shape index (κ1) is 17.2. The van der Waals surface area contributed by atoms with Crippen LogP contribution in [0.4, 0.5) is 9.18 Å². The van der Waals surface area contributed by atoms with Crippen molar-refractivity contribution >= 4 is 11.9 Å². The quantitative estimate of drug-likeness (QED) is 0.693. The third-order valence-electron chi connectivity index (χ3n) is 3.13. The Balaban J connectivity index is 1.84. The van der Waals surface area contributed by atoms with Gasteiger partial charge in [0.05, 0.1) is 17.7 Å². The van der Waals surface area contributed by atoms with Gasteiger partial charge in [0.1, 0.15) is 12.4 Å². The van der Waals surface area contributed by atoms with Crippen LogP contribution in [0.2, 0.25) is 0 Å². The Bertz CT molecular complexity index is 791. The number of carbonyl (C=O) groups is 2. The van der Waals surface area contributed by atoms with Crippen LogP contribution >= 0.6 is 0 Å². The van der Waals surface area contributed by atoms with E-state index in [9.17, 15) is 14.0 Å². The summed E-state index contributed by atoms with van der Waals surface area (Å²) in [4.78, 5) is 22.8. The van der Waals surface area contributed by atoms with E-state index in [0.29, 0.717) is 0 Å². The lowest BCUT2D eigenvalue weighted by molar-refractivity contribution is 0.101. The first-order valence-corrected chi connectivity index (χ1v) is 7.31. The van der Waals surface area contributed by atoms with E-state index < -0.39 is 11.9 Å². The molecule has 0 bridgehead atoms. The van der Waals surface area contributed by atoms with E-state index >= 15 is 0 Å². The third-order valence-corrected chi connectivity index (χ3v) is 3.13. The number of ether oxygens (including phenoxy) is 1. The predicted octanol–water partition coefficient (Wildman–Crippen LogP) is 3.31. The molecule has 0 radical (unpaired) electrons. The molecule has 0 heterocycles. The molecule has 0 aliphatic carbocycles. The maximum absolute atomic E-state index is 14.0. The molecule has 1 amide bonds. The summed E-state index contributed by atoms with van der Waals surface area (Å²) in [5.74, 6) is 4.20. The Morgan fingerprint density at radius 2 is 1.88 bits per heavy atom. The molecule has 0 spiro atoms. The van der Waals surface area contributed by atoms with Crippen molar-refractivity contribution in [2.45, 2.75) is 13.5 Å². The highest BCUT2D eigenvalue weighted by Gasteiger charge is 2.09. The van der Waals surface area contributed by atoms with Gasteiger partial charge in [0.25, 0.3) is 0 Å². The zero-order chi connectivity index (χ0) is 17.4. The molecule has 24 heavy (non-hydrogen) atoms. The molecular formula is C19H16FNO3. The number of nitrogens with one attached hydrogen (secondary N) is 1. The standard InChI is InChI=1S/C19H16FNO3/c1-14(22)17-11-5-9-16(18(17)20)10-6-12-21-19(23)24-13-15-7-3-2-4-8-15/h2-5,7-9,11H,12-13H2,1H3,(H,21,23). The number of hydrogen-bond acceptors (Lipinski definition) is 3. The average molecular weight is 325 g/mol. The summed E-state index contributed by atoms with van der Waals surface area (Å²) in [6.45, 7) is 1.46. The van der Waals surface area contributed by atoms with Gasteiger partial charge in [-0.05, 0) is 24.6 Å². The van der Waals surface area contributed by atoms with E-state index in [-0.39, 0.29) is 30.1 Å². The fourth-order valence-electron chi connectivity index (χ4n) is 1.93. The summed E-state index contributed by atoms with van der Waals surface area (Å²) < 4.78 is 19.0. The Hall–Kier alpha value is -3.13. The molecule has 4 nitrogen and oxygen atoms in total. The highest BCUT2D eigenvalue weighted by Crippen LogP contribution is 2.12. The van der Waals surface area contributed by atoms with Crippen LogP contribution in [-0.4, -0.2) is 18.4 Å². The summed E-state index contributed by atoms with van der Waals surface area (Å²) in [5, 5.41) is 2.46. The van der Waals surface area contributed by atoms with E-state index in [1.165, 1.54) is 19.1 Å². The number of Topliss-reactive ketones (excluding diaryl/α,β-unsaturated/α-hetero) is 1. The molecule has 0 aliphatic rings. The number of carbonyl (C=O) groups excluding carboxylic acids is 2. The summed E-state index contributed by atoms with van der Waals surface area (Å²) in [5.41, 5.74) is 0.987. The molecule has 2 aromatic carbocycles. The van der Waals surface area contributed by atoms with Crippen molar-refractivity contribution in [2.24, 2.45) is 0 Å². The normalized spacial score (nSPS) is 9.58. The molecule has 2 aromatic rings. The van der Waals surface area contributed by atoms with Gasteiger partial charge in [-0.1, -0.05) is 48.2 Å². The Labute approximate surface area is 139 Å². The molecule has 0 atom stereocenters. The molecule has 0 aromatic heterocycles. The number of amides is 1. The minimum absolute atomic E-state index is 0.00275. The second-order valence-corrected chi connectivity index (χ2v) is 4.94. The molecule has 0 unspecified atom stereocenters.